The number of carbonyl (C=O) groups is 2. The predicted molar refractivity (Wildman–Crippen MR) is 161 cm³/mol. The Balaban J connectivity index is 0.00000142. The number of nitrogens with zero attached hydrogens (tertiary/aromatic N) is 1. The van der Waals surface area contributed by atoms with Gasteiger partial charge in [0.15, 0.2) is 0 Å². The Morgan fingerprint density at radius 1 is 1.18 bits per heavy atom. The van der Waals surface area contributed by atoms with Gasteiger partial charge in [-0.25, -0.2) is 4.79 Å². The van der Waals surface area contributed by atoms with Crippen molar-refractivity contribution in [2.75, 3.05) is 27.3 Å². The number of para-hydroxylation sites is 1. The summed E-state index contributed by atoms with van der Waals surface area (Å²) in [7, 11) is 3.25. The molecular weight excluding hydrogens is 490 g/mol. The highest BCUT2D eigenvalue weighted by Gasteiger charge is 2.40. The number of aldehydes is 1. The summed E-state index contributed by atoms with van der Waals surface area (Å²) in [5.74, 6) is 0.895. The van der Waals surface area contributed by atoms with Crippen molar-refractivity contribution in [1.29, 1.82) is 0 Å². The lowest BCUT2D eigenvalue weighted by atomic mass is 9.84. The van der Waals surface area contributed by atoms with Crippen LogP contribution in [0.3, 0.4) is 0 Å². The monoisotopic (exact) mass is 539 g/mol. The van der Waals surface area contributed by atoms with Crippen molar-refractivity contribution in [3.63, 3.8) is 0 Å². The zero-order valence-corrected chi connectivity index (χ0v) is 25.1. The molecule has 1 aromatic carbocycles. The maximum absolute atomic E-state index is 12.6. The first-order valence-corrected chi connectivity index (χ1v) is 14.0. The Bertz CT molecular complexity index is 997. The third-order valence-electron chi connectivity index (χ3n) is 6.61. The molecule has 0 N–H and O–H groups in total. The maximum Gasteiger partial charge on any atom is 0.410 e. The molecule has 0 aromatic heterocycles. The minimum atomic E-state index is -0.461. The van der Waals surface area contributed by atoms with E-state index in [1.165, 1.54) is 5.57 Å². The molecule has 39 heavy (non-hydrogen) atoms. The second kappa shape index (κ2) is 17.5. The summed E-state index contributed by atoms with van der Waals surface area (Å²) in [5.41, 5.74) is 2.16. The summed E-state index contributed by atoms with van der Waals surface area (Å²) in [6.45, 7) is 14.8. The molecule has 1 saturated heterocycles. The number of ether oxygens (including phenoxy) is 3. The number of hydrogen-bond acceptors (Lipinski definition) is 5. The van der Waals surface area contributed by atoms with Gasteiger partial charge in [0.1, 0.15) is 23.2 Å². The fourth-order valence-electron chi connectivity index (χ4n) is 4.19. The van der Waals surface area contributed by atoms with Crippen molar-refractivity contribution in [2.24, 2.45) is 0 Å². The van der Waals surface area contributed by atoms with Crippen molar-refractivity contribution in [3.05, 3.63) is 72.4 Å². The summed E-state index contributed by atoms with van der Waals surface area (Å²) < 4.78 is 16.4. The molecular formula is C33H49NO5. The highest BCUT2D eigenvalue weighted by molar-refractivity contribution is 5.77. The number of likely N-dealkylation sites (tertiary alicyclic amines) is 1. The normalized spacial score (nSPS) is 16.0. The van der Waals surface area contributed by atoms with Crippen LogP contribution in [0.1, 0.15) is 78.7 Å². The van der Waals surface area contributed by atoms with E-state index in [1.807, 2.05) is 71.0 Å². The van der Waals surface area contributed by atoms with Gasteiger partial charge in [-0.2, -0.15) is 0 Å². The number of hydrogen-bond donors (Lipinski definition) is 0. The number of carbonyl (C=O) groups excluding carboxylic acids is 2. The minimum absolute atomic E-state index is 0.247. The third kappa shape index (κ3) is 10.9. The molecule has 0 aliphatic carbocycles. The topological polar surface area (TPSA) is 65.1 Å². The maximum atomic E-state index is 12.6. The van der Waals surface area contributed by atoms with E-state index in [1.54, 1.807) is 25.2 Å². The molecule has 2 heterocycles. The molecule has 0 saturated carbocycles. The number of methoxy groups -OCH3 is 1. The van der Waals surface area contributed by atoms with Crippen molar-refractivity contribution in [3.8, 4) is 5.75 Å². The molecule has 2 aliphatic rings. The van der Waals surface area contributed by atoms with Crippen LogP contribution >= 0.6 is 0 Å². The summed E-state index contributed by atoms with van der Waals surface area (Å²) in [6, 6.07) is 8.14. The lowest BCUT2D eigenvalue weighted by Gasteiger charge is -2.43. The number of benzene rings is 1. The first-order valence-electron chi connectivity index (χ1n) is 14.0. The van der Waals surface area contributed by atoms with Crippen LogP contribution in [0.15, 0.2) is 66.8 Å². The number of amides is 1. The highest BCUT2D eigenvalue weighted by atomic mass is 16.6. The Kier molecular flexibility index (Phi) is 15.2. The molecule has 0 radical (unpaired) electrons. The number of allylic oxidation sites excluding steroid dienone is 6. The Labute approximate surface area is 236 Å². The van der Waals surface area contributed by atoms with Gasteiger partial charge in [-0.05, 0) is 57.2 Å². The minimum Gasteiger partial charge on any atom is -0.482 e. The van der Waals surface area contributed by atoms with Crippen molar-refractivity contribution in [1.82, 2.24) is 4.90 Å². The lowest BCUT2D eigenvalue weighted by Crippen LogP contribution is -2.50. The molecule has 0 unspecified atom stereocenters. The van der Waals surface area contributed by atoms with E-state index in [2.05, 4.69) is 23.5 Å². The fourth-order valence-corrected chi connectivity index (χ4v) is 4.19. The molecule has 6 nitrogen and oxygen atoms in total. The zero-order chi connectivity index (χ0) is 29.3. The van der Waals surface area contributed by atoms with Crippen LogP contribution in [0.4, 0.5) is 4.79 Å². The van der Waals surface area contributed by atoms with Crippen molar-refractivity contribution < 1.29 is 23.8 Å². The van der Waals surface area contributed by atoms with Gasteiger partial charge < -0.3 is 19.1 Å². The van der Waals surface area contributed by atoms with Crippen LogP contribution in [-0.4, -0.2) is 55.8 Å². The zero-order valence-electron chi connectivity index (χ0n) is 25.1. The Hall–Kier alpha value is -3.12. The number of piperidine rings is 1. The molecule has 216 valence electrons. The summed E-state index contributed by atoms with van der Waals surface area (Å²) in [6.07, 6.45) is 15.0. The van der Waals surface area contributed by atoms with Crippen LogP contribution < -0.4 is 4.74 Å². The van der Waals surface area contributed by atoms with E-state index in [9.17, 15) is 9.59 Å². The largest absolute Gasteiger partial charge is 0.482 e. The molecule has 0 bridgehead atoms. The van der Waals surface area contributed by atoms with Gasteiger partial charge in [0.25, 0.3) is 0 Å². The van der Waals surface area contributed by atoms with E-state index < -0.39 is 11.2 Å². The molecule has 1 aromatic rings. The van der Waals surface area contributed by atoms with Crippen molar-refractivity contribution in [2.45, 2.75) is 84.3 Å². The van der Waals surface area contributed by atoms with Gasteiger partial charge in [-0.15, -0.1) is 6.58 Å². The summed E-state index contributed by atoms with van der Waals surface area (Å²) >= 11 is 0. The SMILES string of the molecule is C=CC/C=C(C=O)\C=C/CCC1=CC2(CCN(C(=O)OC(C)(C)CC)CC2)Oc2ccccc21.CC.COC. The average molecular weight is 540 g/mol. The van der Waals surface area contributed by atoms with Gasteiger partial charge in [0.2, 0.25) is 0 Å². The standard InChI is InChI=1S/C29H37NO4.C2H6O.C2H6/c1-5-7-12-23(22-31)13-8-9-14-24-21-29(33-26-16-11-10-15-25(24)26)17-19-30(20-18-29)27(32)34-28(3,4)6-2;1-3-2;1-2/h5,8,10-13,15-16,21-22H,1,6-7,9,14,17-20H2,2-4H3;1-2H3;1-2H3/b13-8-,23-12+;;. The van der Waals surface area contributed by atoms with Gasteiger partial charge in [0.05, 0.1) is 0 Å². The van der Waals surface area contributed by atoms with Gasteiger partial charge in [-0.1, -0.05) is 63.3 Å². The van der Waals surface area contributed by atoms with Crippen LogP contribution in [0, 0.1) is 0 Å². The van der Waals surface area contributed by atoms with E-state index in [4.69, 9.17) is 9.47 Å². The molecule has 6 heteroatoms. The van der Waals surface area contributed by atoms with Gasteiger partial charge in [-0.3, -0.25) is 4.79 Å². The number of fused-ring (bicyclic) bond motifs is 1. The molecule has 3 rings (SSSR count). The average Bonchev–Trinajstić information content (AvgIpc) is 2.94. The molecule has 2 aliphatic heterocycles. The molecule has 1 amide bonds. The van der Waals surface area contributed by atoms with Gasteiger partial charge >= 0.3 is 6.09 Å². The van der Waals surface area contributed by atoms with E-state index in [0.29, 0.717) is 25.1 Å². The quantitative estimate of drug-likeness (QED) is 0.138. The van der Waals surface area contributed by atoms with Gasteiger partial charge in [0, 0.05) is 51.3 Å². The van der Waals surface area contributed by atoms with Crippen molar-refractivity contribution >= 4 is 18.0 Å². The van der Waals surface area contributed by atoms with E-state index in [0.717, 1.165) is 49.7 Å². The van der Waals surface area contributed by atoms with E-state index >= 15 is 0 Å². The molecule has 1 fully saturated rings. The third-order valence-corrected chi connectivity index (χ3v) is 6.61. The first kappa shape index (κ1) is 33.9. The lowest BCUT2D eigenvalue weighted by molar-refractivity contribution is -0.104. The fraction of sp³-hybridized carbons (Fsp3) is 0.515. The second-order valence-electron chi connectivity index (χ2n) is 10.00. The van der Waals surface area contributed by atoms with Crippen LogP contribution in [-0.2, 0) is 14.3 Å². The molecule has 0 atom stereocenters. The second-order valence-corrected chi connectivity index (χ2v) is 10.00. The highest BCUT2D eigenvalue weighted by Crippen LogP contribution is 2.42. The number of rotatable bonds is 9. The Morgan fingerprint density at radius 2 is 1.82 bits per heavy atom. The van der Waals surface area contributed by atoms with Crippen LogP contribution in [0.25, 0.3) is 5.57 Å². The summed E-state index contributed by atoms with van der Waals surface area (Å²) in [5, 5.41) is 0. The first-order chi connectivity index (χ1) is 18.7. The van der Waals surface area contributed by atoms with E-state index in [-0.39, 0.29) is 6.09 Å². The molecule has 1 spiro atoms. The van der Waals surface area contributed by atoms with Crippen LogP contribution in [0.5, 0.6) is 5.75 Å². The predicted octanol–water partition coefficient (Wildman–Crippen LogP) is 7.95. The summed E-state index contributed by atoms with van der Waals surface area (Å²) in [4.78, 5) is 25.6. The smallest absolute Gasteiger partial charge is 0.410 e. The Morgan fingerprint density at radius 3 is 2.41 bits per heavy atom. The van der Waals surface area contributed by atoms with Crippen LogP contribution in [0.2, 0.25) is 0 Å².